The third-order valence-electron chi connectivity index (χ3n) is 5.17. The zero-order chi connectivity index (χ0) is 31.8. The van der Waals surface area contributed by atoms with Crippen molar-refractivity contribution in [3.8, 4) is 11.5 Å². The molecule has 0 spiro atoms. The Morgan fingerprint density at radius 1 is 0.930 bits per heavy atom. The average molecular weight is 628 g/mol. The molecule has 0 heterocycles. The molecule has 2 rings (SSSR count). The van der Waals surface area contributed by atoms with Crippen LogP contribution in [0.3, 0.4) is 0 Å². The number of nitrogens with one attached hydrogen (secondary N) is 3. The third-order valence-corrected chi connectivity index (χ3v) is 6.65. The number of carbonyl (C=O) groups is 1. The molecule has 43 heavy (non-hydrogen) atoms. The van der Waals surface area contributed by atoms with Crippen LogP contribution < -0.4 is 32.0 Å². The number of hydrogen-bond donors (Lipinski definition) is 6. The number of nitrogens with two attached hydrogens (primary N) is 3. The predicted octanol–water partition coefficient (Wildman–Crippen LogP) is 0.772. The lowest BCUT2D eigenvalue weighted by atomic mass is 10.1. The van der Waals surface area contributed by atoms with Gasteiger partial charge in [0.15, 0.2) is 29.3 Å². The number of amides is 1. The first kappa shape index (κ1) is 35.0. The maximum Gasteiger partial charge on any atom is 0.275 e. The van der Waals surface area contributed by atoms with Crippen LogP contribution in [0.4, 0.5) is 8.78 Å². The van der Waals surface area contributed by atoms with Gasteiger partial charge in [0, 0.05) is 18.7 Å². The lowest BCUT2D eigenvalue weighted by molar-refractivity contribution is -0.114. The van der Waals surface area contributed by atoms with Gasteiger partial charge in [0.05, 0.1) is 44.5 Å². The molecule has 2 aromatic rings. The van der Waals surface area contributed by atoms with Gasteiger partial charge in [0.1, 0.15) is 5.75 Å². The molecule has 0 saturated carbocycles. The maximum atomic E-state index is 14.6. The molecule has 0 radical (unpaired) electrons. The molecule has 0 fully saturated rings. The van der Waals surface area contributed by atoms with Crippen molar-refractivity contribution < 1.29 is 40.9 Å². The number of halogens is 2. The summed E-state index contributed by atoms with van der Waals surface area (Å²) in [6.07, 6.45) is 1.20. The van der Waals surface area contributed by atoms with Gasteiger partial charge < -0.3 is 41.5 Å². The van der Waals surface area contributed by atoms with Crippen LogP contribution in [0.2, 0.25) is 0 Å². The van der Waals surface area contributed by atoms with E-state index in [-0.39, 0.29) is 47.5 Å². The molecule has 0 bridgehead atoms. The van der Waals surface area contributed by atoms with Crippen molar-refractivity contribution in [3.05, 3.63) is 59.2 Å². The van der Waals surface area contributed by atoms with E-state index in [1.54, 1.807) is 0 Å². The van der Waals surface area contributed by atoms with Gasteiger partial charge in [-0.05, 0) is 55.0 Å². The van der Waals surface area contributed by atoms with E-state index < -0.39 is 39.3 Å². The summed E-state index contributed by atoms with van der Waals surface area (Å²) in [6.45, 7) is 3.54. The number of rotatable bonds is 18. The van der Waals surface area contributed by atoms with Crippen molar-refractivity contribution in [1.82, 2.24) is 10.0 Å². The molecule has 1 amide bonds. The van der Waals surface area contributed by atoms with Gasteiger partial charge in [0.2, 0.25) is 10.0 Å². The lowest BCUT2D eigenvalue weighted by Crippen LogP contribution is -2.33. The summed E-state index contributed by atoms with van der Waals surface area (Å²) in [5.41, 5.74) is 15.5. The smallest absolute Gasteiger partial charge is 0.275 e. The monoisotopic (exact) mass is 627 g/mol. The Labute approximate surface area is 247 Å². The standard InChI is InChI=1S/C26H35F2N7O7S/c1-17(24(36)35-26(31)32)14-18-15-21(27)23(22(28)16-18)42-19-2-4-20(5-3-19)43(37,38)34-7-9-40-11-13-41-12-10-39-8-6-33-25(29)30/h2-5,14-16,34H,6-13H2,1H3,(H4,29,30,33)(H4,31,32,35,36)/b17-14+. The van der Waals surface area contributed by atoms with Gasteiger partial charge in [-0.3, -0.25) is 10.2 Å². The first-order valence-corrected chi connectivity index (χ1v) is 14.3. The number of aliphatic imine (C=N–C) groups is 1. The van der Waals surface area contributed by atoms with Crippen molar-refractivity contribution in [2.75, 3.05) is 52.7 Å². The summed E-state index contributed by atoms with van der Waals surface area (Å²) in [4.78, 5) is 15.1. The molecule has 9 N–H and O–H groups in total. The Morgan fingerprint density at radius 2 is 1.47 bits per heavy atom. The van der Waals surface area contributed by atoms with E-state index in [2.05, 4.69) is 15.0 Å². The van der Waals surface area contributed by atoms with Gasteiger partial charge in [-0.2, -0.15) is 4.99 Å². The number of guanidine groups is 2. The van der Waals surface area contributed by atoms with E-state index in [0.717, 1.165) is 12.1 Å². The van der Waals surface area contributed by atoms with E-state index in [1.165, 1.54) is 37.3 Å². The SMILES string of the molecule is C/C(=C\c1cc(F)c(Oc2ccc(S(=O)(=O)NCCOCCOCCOCCNC(=N)N)cc2)c(F)c1)C(=O)N=C(N)N. The van der Waals surface area contributed by atoms with Crippen LogP contribution in [0.5, 0.6) is 11.5 Å². The number of nitrogens with zero attached hydrogens (tertiary/aromatic N) is 1. The van der Waals surface area contributed by atoms with Crippen LogP contribution in [-0.2, 0) is 29.0 Å². The molecule has 0 saturated heterocycles. The minimum Gasteiger partial charge on any atom is -0.451 e. The highest BCUT2D eigenvalue weighted by Gasteiger charge is 2.16. The number of carbonyl (C=O) groups excluding carboxylic acids is 1. The highest BCUT2D eigenvalue weighted by Crippen LogP contribution is 2.30. The van der Waals surface area contributed by atoms with Crippen molar-refractivity contribution in [2.24, 2.45) is 22.2 Å². The average Bonchev–Trinajstić information content (AvgIpc) is 2.93. The Kier molecular flexibility index (Phi) is 14.4. The van der Waals surface area contributed by atoms with Crippen LogP contribution >= 0.6 is 0 Å². The quantitative estimate of drug-likeness (QED) is 0.0585. The predicted molar refractivity (Wildman–Crippen MR) is 155 cm³/mol. The number of ether oxygens (including phenoxy) is 4. The van der Waals surface area contributed by atoms with Crippen LogP contribution in [0.25, 0.3) is 6.08 Å². The molecule has 0 unspecified atom stereocenters. The van der Waals surface area contributed by atoms with E-state index in [4.69, 9.17) is 41.6 Å². The first-order chi connectivity index (χ1) is 20.4. The zero-order valence-electron chi connectivity index (χ0n) is 23.4. The molecular formula is C26H35F2N7O7S. The van der Waals surface area contributed by atoms with Gasteiger partial charge >= 0.3 is 0 Å². The van der Waals surface area contributed by atoms with Gasteiger partial charge in [-0.1, -0.05) is 0 Å². The van der Waals surface area contributed by atoms with Crippen molar-refractivity contribution >= 4 is 33.9 Å². The fourth-order valence-corrected chi connectivity index (χ4v) is 4.23. The van der Waals surface area contributed by atoms with E-state index in [9.17, 15) is 22.0 Å². The van der Waals surface area contributed by atoms with Crippen LogP contribution in [0.15, 0.2) is 51.9 Å². The molecule has 236 valence electrons. The number of benzene rings is 2. The molecular weight excluding hydrogens is 592 g/mol. The molecule has 0 aliphatic heterocycles. The first-order valence-electron chi connectivity index (χ1n) is 12.8. The normalized spacial score (nSPS) is 11.7. The Bertz CT molecular complexity index is 1380. The van der Waals surface area contributed by atoms with E-state index in [0.29, 0.717) is 33.0 Å². The second kappa shape index (κ2) is 17.7. The molecule has 0 aliphatic carbocycles. The second-order valence-corrected chi connectivity index (χ2v) is 10.4. The van der Waals surface area contributed by atoms with Crippen LogP contribution in [0.1, 0.15) is 12.5 Å². The fraction of sp³-hybridized carbons (Fsp3) is 0.346. The minimum absolute atomic E-state index is 0.00108. The minimum atomic E-state index is -3.88. The Balaban J connectivity index is 1.78. The molecule has 17 heteroatoms. The summed E-state index contributed by atoms with van der Waals surface area (Å²) in [5.74, 6) is -4.17. The van der Waals surface area contributed by atoms with Crippen LogP contribution in [0, 0.1) is 17.0 Å². The lowest BCUT2D eigenvalue weighted by Gasteiger charge is -2.11. The Morgan fingerprint density at radius 3 is 2.00 bits per heavy atom. The summed E-state index contributed by atoms with van der Waals surface area (Å²) >= 11 is 0. The summed E-state index contributed by atoms with van der Waals surface area (Å²) in [6, 6.07) is 6.84. The Hall–Kier alpha value is -4.16. The molecule has 14 nitrogen and oxygen atoms in total. The molecule has 0 atom stereocenters. The van der Waals surface area contributed by atoms with Crippen molar-refractivity contribution in [3.63, 3.8) is 0 Å². The summed E-state index contributed by atoms with van der Waals surface area (Å²) < 4.78 is 77.9. The topological polar surface area (TPSA) is 226 Å². The van der Waals surface area contributed by atoms with E-state index >= 15 is 0 Å². The highest BCUT2D eigenvalue weighted by molar-refractivity contribution is 7.89. The van der Waals surface area contributed by atoms with E-state index in [1.807, 2.05) is 0 Å². The second-order valence-electron chi connectivity index (χ2n) is 8.63. The van der Waals surface area contributed by atoms with Gasteiger partial charge in [-0.15, -0.1) is 0 Å². The number of sulfonamides is 1. The molecule has 0 aliphatic rings. The van der Waals surface area contributed by atoms with Crippen molar-refractivity contribution in [2.45, 2.75) is 11.8 Å². The zero-order valence-corrected chi connectivity index (χ0v) is 24.2. The van der Waals surface area contributed by atoms with Gasteiger partial charge in [-0.25, -0.2) is 21.9 Å². The largest absolute Gasteiger partial charge is 0.451 e. The summed E-state index contributed by atoms with van der Waals surface area (Å²) in [5, 5.41) is 9.60. The van der Waals surface area contributed by atoms with Gasteiger partial charge in [0.25, 0.3) is 5.91 Å². The molecule has 2 aromatic carbocycles. The fourth-order valence-electron chi connectivity index (χ4n) is 3.21. The van der Waals surface area contributed by atoms with Crippen LogP contribution in [-0.4, -0.2) is 79.0 Å². The highest BCUT2D eigenvalue weighted by atomic mass is 32.2. The maximum absolute atomic E-state index is 14.6. The molecule has 0 aromatic heterocycles. The number of hydrogen-bond acceptors (Lipinski definition) is 8. The summed E-state index contributed by atoms with van der Waals surface area (Å²) in [7, 11) is -3.88. The van der Waals surface area contributed by atoms with Crippen molar-refractivity contribution in [1.29, 1.82) is 5.41 Å². The third kappa shape index (κ3) is 13.1.